The van der Waals surface area contributed by atoms with Crippen LogP contribution in [-0.4, -0.2) is 19.2 Å². The summed E-state index contributed by atoms with van der Waals surface area (Å²) in [5.74, 6) is 1.02. The molecule has 0 aromatic heterocycles. The monoisotopic (exact) mass is 247 g/mol. The summed E-state index contributed by atoms with van der Waals surface area (Å²) >= 11 is 0. The van der Waals surface area contributed by atoms with Crippen LogP contribution in [-0.2, 0) is 6.42 Å². The lowest BCUT2D eigenvalue weighted by atomic mass is 9.87. The maximum atomic E-state index is 5.49. The molecule has 1 aliphatic heterocycles. The predicted molar refractivity (Wildman–Crippen MR) is 76.3 cm³/mol. The molecule has 1 saturated heterocycles. The molecule has 1 heterocycles. The van der Waals surface area contributed by atoms with Crippen molar-refractivity contribution in [2.45, 2.75) is 51.5 Å². The van der Waals surface area contributed by atoms with Crippen LogP contribution in [0.3, 0.4) is 0 Å². The van der Waals surface area contributed by atoms with Crippen molar-refractivity contribution in [1.82, 2.24) is 5.32 Å². The Hall–Kier alpha value is -1.02. The molecule has 1 aromatic rings. The fourth-order valence-corrected chi connectivity index (χ4v) is 2.91. The second kappa shape index (κ2) is 5.75. The minimum Gasteiger partial charge on any atom is -0.496 e. The van der Waals surface area contributed by atoms with Gasteiger partial charge in [0.1, 0.15) is 5.75 Å². The molecule has 2 nitrogen and oxygen atoms in total. The van der Waals surface area contributed by atoms with E-state index in [-0.39, 0.29) is 5.54 Å². The zero-order valence-corrected chi connectivity index (χ0v) is 11.9. The van der Waals surface area contributed by atoms with Crippen molar-refractivity contribution >= 4 is 0 Å². The second-order valence-electron chi connectivity index (χ2n) is 5.79. The van der Waals surface area contributed by atoms with E-state index in [9.17, 15) is 0 Å². The quantitative estimate of drug-likeness (QED) is 0.883. The van der Waals surface area contributed by atoms with Crippen LogP contribution in [0, 0.1) is 6.92 Å². The van der Waals surface area contributed by atoms with E-state index in [1.807, 2.05) is 0 Å². The van der Waals surface area contributed by atoms with Gasteiger partial charge in [-0.15, -0.1) is 0 Å². The Balaban J connectivity index is 2.18. The van der Waals surface area contributed by atoms with Gasteiger partial charge in [0.2, 0.25) is 0 Å². The maximum Gasteiger partial charge on any atom is 0.122 e. The molecule has 1 atom stereocenters. The molecule has 1 unspecified atom stereocenters. The van der Waals surface area contributed by atoms with Gasteiger partial charge in [-0.3, -0.25) is 0 Å². The summed E-state index contributed by atoms with van der Waals surface area (Å²) < 4.78 is 5.49. The Bertz CT molecular complexity index is 392. The van der Waals surface area contributed by atoms with E-state index in [0.29, 0.717) is 0 Å². The molecule has 18 heavy (non-hydrogen) atoms. The van der Waals surface area contributed by atoms with Crippen molar-refractivity contribution < 1.29 is 4.74 Å². The molecule has 0 radical (unpaired) electrons. The van der Waals surface area contributed by atoms with Crippen LogP contribution in [0.15, 0.2) is 18.2 Å². The third-order valence-electron chi connectivity index (χ3n) is 3.97. The highest BCUT2D eigenvalue weighted by Gasteiger charge is 2.26. The molecule has 0 spiro atoms. The van der Waals surface area contributed by atoms with E-state index in [1.165, 1.54) is 36.8 Å². The molecular weight excluding hydrogens is 222 g/mol. The van der Waals surface area contributed by atoms with Gasteiger partial charge in [0.25, 0.3) is 0 Å². The Morgan fingerprint density at radius 2 is 2.11 bits per heavy atom. The van der Waals surface area contributed by atoms with Gasteiger partial charge in [0.05, 0.1) is 7.11 Å². The zero-order chi connectivity index (χ0) is 13.0. The van der Waals surface area contributed by atoms with E-state index in [1.54, 1.807) is 7.11 Å². The highest BCUT2D eigenvalue weighted by atomic mass is 16.5. The van der Waals surface area contributed by atoms with Gasteiger partial charge in [-0.2, -0.15) is 0 Å². The zero-order valence-electron chi connectivity index (χ0n) is 11.9. The molecule has 1 aliphatic rings. The summed E-state index contributed by atoms with van der Waals surface area (Å²) in [7, 11) is 1.76. The lowest BCUT2D eigenvalue weighted by molar-refractivity contribution is 0.336. The van der Waals surface area contributed by atoms with Crippen molar-refractivity contribution in [2.75, 3.05) is 13.7 Å². The molecule has 0 amide bonds. The number of aryl methyl sites for hydroxylation is 1. The Morgan fingerprint density at radius 1 is 1.28 bits per heavy atom. The first-order valence-electron chi connectivity index (χ1n) is 7.01. The highest BCUT2D eigenvalue weighted by Crippen LogP contribution is 2.28. The maximum absolute atomic E-state index is 5.49. The third kappa shape index (κ3) is 3.26. The molecule has 0 aliphatic carbocycles. The highest BCUT2D eigenvalue weighted by molar-refractivity contribution is 5.38. The summed E-state index contributed by atoms with van der Waals surface area (Å²) in [5.41, 5.74) is 2.86. The number of ether oxygens (including phenoxy) is 1. The van der Waals surface area contributed by atoms with E-state index >= 15 is 0 Å². The standard InChI is InChI=1S/C16H25NO/c1-13-7-8-15(18-3)14(11-13)12-16(2)9-5-4-6-10-17-16/h7-8,11,17H,4-6,9-10,12H2,1-3H3. The minimum absolute atomic E-state index is 0.220. The number of nitrogens with one attached hydrogen (secondary N) is 1. The van der Waals surface area contributed by atoms with Crippen LogP contribution < -0.4 is 10.1 Å². The molecule has 1 aromatic carbocycles. The van der Waals surface area contributed by atoms with Crippen molar-refractivity contribution in [3.8, 4) is 5.75 Å². The van der Waals surface area contributed by atoms with Gasteiger partial charge in [0, 0.05) is 5.54 Å². The van der Waals surface area contributed by atoms with Crippen LogP contribution in [0.4, 0.5) is 0 Å². The average Bonchev–Trinajstić information content (AvgIpc) is 2.54. The second-order valence-corrected chi connectivity index (χ2v) is 5.79. The largest absolute Gasteiger partial charge is 0.496 e. The smallest absolute Gasteiger partial charge is 0.122 e. The first kappa shape index (κ1) is 13.4. The van der Waals surface area contributed by atoms with Gasteiger partial charge in [0.15, 0.2) is 0 Å². The third-order valence-corrected chi connectivity index (χ3v) is 3.97. The van der Waals surface area contributed by atoms with E-state index in [0.717, 1.165) is 18.7 Å². The van der Waals surface area contributed by atoms with E-state index in [2.05, 4.69) is 37.4 Å². The number of hydrogen-bond acceptors (Lipinski definition) is 2. The number of benzene rings is 1. The first-order chi connectivity index (χ1) is 8.63. The molecule has 0 saturated carbocycles. The molecule has 0 bridgehead atoms. The number of rotatable bonds is 3. The first-order valence-corrected chi connectivity index (χ1v) is 7.01. The fourth-order valence-electron chi connectivity index (χ4n) is 2.91. The van der Waals surface area contributed by atoms with Crippen LogP contribution >= 0.6 is 0 Å². The minimum atomic E-state index is 0.220. The molecule has 2 rings (SSSR count). The summed E-state index contributed by atoms with van der Waals surface area (Å²) in [4.78, 5) is 0. The summed E-state index contributed by atoms with van der Waals surface area (Å²) in [5, 5.41) is 3.72. The summed E-state index contributed by atoms with van der Waals surface area (Å²) in [6, 6.07) is 6.46. The number of hydrogen-bond donors (Lipinski definition) is 1. The van der Waals surface area contributed by atoms with Gasteiger partial charge < -0.3 is 10.1 Å². The Morgan fingerprint density at radius 3 is 2.89 bits per heavy atom. The van der Waals surface area contributed by atoms with E-state index in [4.69, 9.17) is 4.74 Å². The average molecular weight is 247 g/mol. The molecule has 1 N–H and O–H groups in total. The summed E-state index contributed by atoms with van der Waals surface area (Å²) in [6.45, 7) is 5.64. The normalized spacial score (nSPS) is 24.6. The molecule has 100 valence electrons. The lowest BCUT2D eigenvalue weighted by Gasteiger charge is -2.30. The topological polar surface area (TPSA) is 21.3 Å². The number of methoxy groups -OCH3 is 1. The van der Waals surface area contributed by atoms with Gasteiger partial charge in [-0.25, -0.2) is 0 Å². The Kier molecular flexibility index (Phi) is 4.28. The van der Waals surface area contributed by atoms with Crippen LogP contribution in [0.2, 0.25) is 0 Å². The molecule has 1 fully saturated rings. The fraction of sp³-hybridized carbons (Fsp3) is 0.625. The van der Waals surface area contributed by atoms with Crippen molar-refractivity contribution in [3.63, 3.8) is 0 Å². The predicted octanol–water partition coefficient (Wildman–Crippen LogP) is 3.47. The van der Waals surface area contributed by atoms with Gasteiger partial charge in [-0.1, -0.05) is 30.5 Å². The molecule has 2 heteroatoms. The van der Waals surface area contributed by atoms with Crippen LogP contribution in [0.1, 0.15) is 43.7 Å². The van der Waals surface area contributed by atoms with E-state index < -0.39 is 0 Å². The van der Waals surface area contributed by atoms with Crippen molar-refractivity contribution in [2.24, 2.45) is 0 Å². The van der Waals surface area contributed by atoms with Crippen molar-refractivity contribution in [1.29, 1.82) is 0 Å². The molecular formula is C16H25NO. The summed E-state index contributed by atoms with van der Waals surface area (Å²) in [6.07, 6.45) is 6.30. The van der Waals surface area contributed by atoms with Gasteiger partial charge >= 0.3 is 0 Å². The SMILES string of the molecule is COc1ccc(C)cc1CC1(C)CCCCCN1. The van der Waals surface area contributed by atoms with Crippen molar-refractivity contribution in [3.05, 3.63) is 29.3 Å². The lowest BCUT2D eigenvalue weighted by Crippen LogP contribution is -2.43. The van der Waals surface area contributed by atoms with Crippen LogP contribution in [0.25, 0.3) is 0 Å². The van der Waals surface area contributed by atoms with Gasteiger partial charge in [-0.05, 0) is 51.3 Å². The van der Waals surface area contributed by atoms with Crippen LogP contribution in [0.5, 0.6) is 5.75 Å². The Labute approximate surface area is 111 Å².